The molecule has 9 heteroatoms. The van der Waals surface area contributed by atoms with Gasteiger partial charge in [-0.1, -0.05) is 0 Å². The second-order valence-electron chi connectivity index (χ2n) is 4.34. The molecule has 1 saturated heterocycles. The van der Waals surface area contributed by atoms with Crippen molar-refractivity contribution in [1.82, 2.24) is 14.5 Å². The highest BCUT2D eigenvalue weighted by Gasteiger charge is 2.60. The van der Waals surface area contributed by atoms with Gasteiger partial charge in [0.2, 0.25) is 0 Å². The van der Waals surface area contributed by atoms with Crippen LogP contribution in [-0.2, 0) is 11.4 Å². The maximum absolute atomic E-state index is 12.7. The fourth-order valence-electron chi connectivity index (χ4n) is 1.90. The molecule has 1 aliphatic rings. The van der Waals surface area contributed by atoms with Crippen LogP contribution in [0.4, 0.5) is 22.0 Å². The summed E-state index contributed by atoms with van der Waals surface area (Å²) in [5, 5.41) is 0. The van der Waals surface area contributed by atoms with E-state index in [1.165, 1.54) is 0 Å². The SMILES string of the molecule is FC(F)(F)C(F)(F)OC1CCN(Cn2ccnc2)C1. The van der Waals surface area contributed by atoms with E-state index in [1.54, 1.807) is 28.2 Å². The van der Waals surface area contributed by atoms with Crippen LogP contribution < -0.4 is 0 Å². The maximum Gasteiger partial charge on any atom is 0.482 e. The third-order valence-corrected chi connectivity index (χ3v) is 2.80. The smallest absolute Gasteiger partial charge is 0.324 e. The fourth-order valence-corrected chi connectivity index (χ4v) is 1.90. The number of hydrogen-bond donors (Lipinski definition) is 0. The normalized spacial score (nSPS) is 22.1. The Bertz CT molecular complexity index is 406. The number of rotatable bonds is 4. The van der Waals surface area contributed by atoms with E-state index < -0.39 is 18.4 Å². The number of imidazole rings is 1. The van der Waals surface area contributed by atoms with Crippen molar-refractivity contribution in [3.63, 3.8) is 0 Å². The molecule has 0 spiro atoms. The Morgan fingerprint density at radius 2 is 2.00 bits per heavy atom. The van der Waals surface area contributed by atoms with Gasteiger partial charge in [0.1, 0.15) is 0 Å². The van der Waals surface area contributed by atoms with Crippen LogP contribution >= 0.6 is 0 Å². The highest BCUT2D eigenvalue weighted by molar-refractivity contribution is 4.80. The van der Waals surface area contributed by atoms with Crippen LogP contribution in [0.3, 0.4) is 0 Å². The average Bonchev–Trinajstić information content (AvgIpc) is 2.89. The van der Waals surface area contributed by atoms with Crippen LogP contribution in [0.1, 0.15) is 6.42 Å². The van der Waals surface area contributed by atoms with Gasteiger partial charge in [-0.15, -0.1) is 0 Å². The van der Waals surface area contributed by atoms with E-state index in [4.69, 9.17) is 0 Å². The molecular weight excluding hydrogens is 273 g/mol. The largest absolute Gasteiger partial charge is 0.482 e. The summed E-state index contributed by atoms with van der Waals surface area (Å²) in [5.74, 6) is 0. The van der Waals surface area contributed by atoms with E-state index in [1.807, 2.05) is 0 Å². The molecule has 2 rings (SSSR count). The molecule has 1 unspecified atom stereocenters. The summed E-state index contributed by atoms with van der Waals surface area (Å²) in [6, 6.07) is 0. The molecule has 0 aromatic carbocycles. The van der Waals surface area contributed by atoms with Crippen LogP contribution in [0, 0.1) is 0 Å². The van der Waals surface area contributed by atoms with Gasteiger partial charge in [0.05, 0.1) is 19.1 Å². The van der Waals surface area contributed by atoms with Crippen LogP contribution in [-0.4, -0.2) is 45.9 Å². The lowest BCUT2D eigenvalue weighted by Gasteiger charge is -2.23. The van der Waals surface area contributed by atoms with E-state index in [-0.39, 0.29) is 13.0 Å². The van der Waals surface area contributed by atoms with E-state index in [0.29, 0.717) is 13.2 Å². The first-order valence-electron chi connectivity index (χ1n) is 5.58. The van der Waals surface area contributed by atoms with Crippen molar-refractivity contribution in [3.8, 4) is 0 Å². The number of nitrogens with zero attached hydrogens (tertiary/aromatic N) is 3. The Balaban J connectivity index is 1.85. The Hall–Kier alpha value is -1.22. The van der Waals surface area contributed by atoms with Gasteiger partial charge in [0.25, 0.3) is 0 Å². The summed E-state index contributed by atoms with van der Waals surface area (Å²) in [7, 11) is 0. The molecule has 0 saturated carbocycles. The zero-order valence-electron chi connectivity index (χ0n) is 9.78. The first kappa shape index (κ1) is 14.2. The van der Waals surface area contributed by atoms with E-state index in [9.17, 15) is 22.0 Å². The van der Waals surface area contributed by atoms with Gasteiger partial charge < -0.3 is 9.30 Å². The Morgan fingerprint density at radius 1 is 1.26 bits per heavy atom. The van der Waals surface area contributed by atoms with Crippen molar-refractivity contribution >= 4 is 0 Å². The van der Waals surface area contributed by atoms with Gasteiger partial charge >= 0.3 is 12.3 Å². The molecule has 19 heavy (non-hydrogen) atoms. The molecule has 1 fully saturated rings. The monoisotopic (exact) mass is 285 g/mol. The summed E-state index contributed by atoms with van der Waals surface area (Å²) < 4.78 is 67.0. The number of ether oxygens (including phenoxy) is 1. The highest BCUT2D eigenvalue weighted by atomic mass is 19.4. The zero-order valence-corrected chi connectivity index (χ0v) is 9.78. The number of aromatic nitrogens is 2. The number of hydrogen-bond acceptors (Lipinski definition) is 3. The lowest BCUT2D eigenvalue weighted by molar-refractivity contribution is -0.401. The van der Waals surface area contributed by atoms with Crippen molar-refractivity contribution in [2.75, 3.05) is 13.1 Å². The van der Waals surface area contributed by atoms with Gasteiger partial charge in [-0.05, 0) is 6.42 Å². The van der Waals surface area contributed by atoms with Crippen LogP contribution in [0.2, 0.25) is 0 Å². The van der Waals surface area contributed by atoms with Gasteiger partial charge in [-0.3, -0.25) is 4.90 Å². The Morgan fingerprint density at radius 3 is 2.58 bits per heavy atom. The minimum Gasteiger partial charge on any atom is -0.324 e. The number of likely N-dealkylation sites (tertiary alicyclic amines) is 1. The summed E-state index contributed by atoms with van der Waals surface area (Å²) >= 11 is 0. The van der Waals surface area contributed by atoms with Crippen LogP contribution in [0.25, 0.3) is 0 Å². The third-order valence-electron chi connectivity index (χ3n) is 2.80. The lowest BCUT2D eigenvalue weighted by atomic mass is 10.3. The molecule has 1 aliphatic heterocycles. The molecule has 2 heterocycles. The van der Waals surface area contributed by atoms with Crippen molar-refractivity contribution in [3.05, 3.63) is 18.7 Å². The number of alkyl halides is 5. The molecule has 108 valence electrons. The Labute approximate surface area is 105 Å². The molecule has 4 nitrogen and oxygen atoms in total. The van der Waals surface area contributed by atoms with Crippen LogP contribution in [0.15, 0.2) is 18.7 Å². The first-order chi connectivity index (χ1) is 8.78. The molecule has 0 bridgehead atoms. The van der Waals surface area contributed by atoms with Crippen molar-refractivity contribution in [2.24, 2.45) is 0 Å². The maximum atomic E-state index is 12.7. The molecule has 0 aliphatic carbocycles. The average molecular weight is 285 g/mol. The molecule has 1 aromatic rings. The summed E-state index contributed by atoms with van der Waals surface area (Å²) in [4.78, 5) is 5.53. The third kappa shape index (κ3) is 3.41. The molecular formula is C10H12F5N3O. The first-order valence-corrected chi connectivity index (χ1v) is 5.58. The minimum absolute atomic E-state index is 0.0316. The van der Waals surface area contributed by atoms with Gasteiger partial charge in [0.15, 0.2) is 0 Å². The topological polar surface area (TPSA) is 30.3 Å². The van der Waals surface area contributed by atoms with Gasteiger partial charge in [-0.2, -0.15) is 22.0 Å². The van der Waals surface area contributed by atoms with Crippen molar-refractivity contribution in [1.29, 1.82) is 0 Å². The predicted octanol–water partition coefficient (Wildman–Crippen LogP) is 2.09. The molecule has 1 atom stereocenters. The summed E-state index contributed by atoms with van der Waals surface area (Å²) in [6.07, 6.45) is -6.98. The Kier molecular flexibility index (Phi) is 3.77. The predicted molar refractivity (Wildman–Crippen MR) is 54.3 cm³/mol. The molecule has 0 radical (unpaired) electrons. The second-order valence-corrected chi connectivity index (χ2v) is 4.34. The summed E-state index contributed by atoms with van der Waals surface area (Å²) in [5.41, 5.74) is 0. The van der Waals surface area contributed by atoms with E-state index in [2.05, 4.69) is 9.72 Å². The van der Waals surface area contributed by atoms with Gasteiger partial charge in [-0.25, -0.2) is 4.98 Å². The van der Waals surface area contributed by atoms with Crippen LogP contribution in [0.5, 0.6) is 0 Å². The molecule has 0 amide bonds. The van der Waals surface area contributed by atoms with Crippen molar-refractivity contribution < 1.29 is 26.7 Å². The standard InChI is InChI=1S/C10H12F5N3O/c11-9(12,13)10(14,15)19-8-1-3-17(5-8)7-18-4-2-16-6-18/h2,4,6,8H,1,3,5,7H2. The zero-order chi connectivity index (χ0) is 14.1. The fraction of sp³-hybridized carbons (Fsp3) is 0.700. The second kappa shape index (κ2) is 5.04. The minimum atomic E-state index is -5.68. The lowest BCUT2D eigenvalue weighted by Crippen LogP contribution is -2.42. The quantitative estimate of drug-likeness (QED) is 0.794. The highest BCUT2D eigenvalue weighted by Crippen LogP contribution is 2.38. The van der Waals surface area contributed by atoms with Gasteiger partial charge in [0, 0.05) is 25.5 Å². The number of halogens is 5. The molecule has 1 aromatic heterocycles. The van der Waals surface area contributed by atoms with E-state index in [0.717, 1.165) is 0 Å². The summed E-state index contributed by atoms with van der Waals surface area (Å²) in [6.45, 7) is 0.818. The van der Waals surface area contributed by atoms with Crippen molar-refractivity contribution in [2.45, 2.75) is 31.5 Å². The molecule has 0 N–H and O–H groups in total. The van der Waals surface area contributed by atoms with E-state index >= 15 is 0 Å².